The number of benzene rings is 1. The van der Waals surface area contributed by atoms with Gasteiger partial charge < -0.3 is 0 Å². The molecule has 0 unspecified atom stereocenters. The molecule has 0 N–H and O–H groups in total. The molecule has 3 rings (SSSR count). The standard InChI is InChI=1S/C15H12/c1-2-11-7-8-13-10-12-5-3-4-6-14(12)15(13)9-11/h1,3-6,9H,7-8,10H2. The highest BCUT2D eigenvalue weighted by molar-refractivity contribution is 5.85. The molecular weight excluding hydrogens is 180 g/mol. The van der Waals surface area contributed by atoms with Gasteiger partial charge >= 0.3 is 0 Å². The molecule has 0 heteroatoms. The van der Waals surface area contributed by atoms with Crippen molar-refractivity contribution < 1.29 is 0 Å². The summed E-state index contributed by atoms with van der Waals surface area (Å²) in [5.74, 6) is 2.77. The Morgan fingerprint density at radius 2 is 2.00 bits per heavy atom. The third kappa shape index (κ3) is 1.24. The van der Waals surface area contributed by atoms with Gasteiger partial charge in [0.05, 0.1) is 0 Å². The molecule has 2 aliphatic carbocycles. The minimum absolute atomic E-state index is 1.04. The van der Waals surface area contributed by atoms with Crippen molar-refractivity contribution in [2.24, 2.45) is 0 Å². The van der Waals surface area contributed by atoms with E-state index in [0.717, 1.165) is 24.8 Å². The summed E-state index contributed by atoms with van der Waals surface area (Å²) < 4.78 is 0. The smallest absolute Gasteiger partial charge is 0.00269 e. The highest BCUT2D eigenvalue weighted by Gasteiger charge is 2.22. The Bertz CT molecular complexity index is 521. The highest BCUT2D eigenvalue weighted by atomic mass is 14.3. The van der Waals surface area contributed by atoms with E-state index in [0.29, 0.717) is 0 Å². The zero-order chi connectivity index (χ0) is 10.3. The lowest BCUT2D eigenvalue weighted by Gasteiger charge is -2.11. The van der Waals surface area contributed by atoms with Crippen LogP contribution in [0.5, 0.6) is 0 Å². The predicted molar refractivity (Wildman–Crippen MR) is 63.2 cm³/mol. The van der Waals surface area contributed by atoms with Gasteiger partial charge in [0.25, 0.3) is 0 Å². The van der Waals surface area contributed by atoms with E-state index in [4.69, 9.17) is 6.42 Å². The summed E-state index contributed by atoms with van der Waals surface area (Å²) in [4.78, 5) is 0. The van der Waals surface area contributed by atoms with Crippen LogP contribution in [0.4, 0.5) is 0 Å². The van der Waals surface area contributed by atoms with E-state index in [2.05, 4.69) is 36.3 Å². The third-order valence-corrected chi connectivity index (χ3v) is 3.29. The molecule has 0 aromatic heterocycles. The van der Waals surface area contributed by atoms with E-state index >= 15 is 0 Å². The fourth-order valence-corrected chi connectivity index (χ4v) is 2.50. The number of hydrogen-bond donors (Lipinski definition) is 0. The van der Waals surface area contributed by atoms with Crippen LogP contribution in [0.3, 0.4) is 0 Å². The molecule has 1 aromatic carbocycles. The summed E-state index contributed by atoms with van der Waals surface area (Å²) in [6.45, 7) is 0. The van der Waals surface area contributed by atoms with Crippen molar-refractivity contribution in [3.05, 3.63) is 52.6 Å². The summed E-state index contributed by atoms with van der Waals surface area (Å²) in [6, 6.07) is 8.64. The van der Waals surface area contributed by atoms with Gasteiger partial charge in [0.1, 0.15) is 0 Å². The first kappa shape index (κ1) is 8.56. The Hall–Kier alpha value is -1.74. The van der Waals surface area contributed by atoms with Crippen LogP contribution in [0.2, 0.25) is 0 Å². The zero-order valence-electron chi connectivity index (χ0n) is 8.59. The van der Waals surface area contributed by atoms with Crippen molar-refractivity contribution >= 4 is 5.57 Å². The molecule has 0 fully saturated rings. The van der Waals surface area contributed by atoms with E-state index < -0.39 is 0 Å². The topological polar surface area (TPSA) is 0 Å². The normalized spacial score (nSPS) is 17.9. The van der Waals surface area contributed by atoms with Gasteiger partial charge in [-0.1, -0.05) is 35.8 Å². The molecule has 0 spiro atoms. The average Bonchev–Trinajstić information content (AvgIpc) is 2.66. The van der Waals surface area contributed by atoms with E-state index in [-0.39, 0.29) is 0 Å². The lowest BCUT2D eigenvalue weighted by molar-refractivity contribution is 0.913. The maximum absolute atomic E-state index is 5.47. The van der Waals surface area contributed by atoms with Crippen LogP contribution in [0.15, 0.2) is 41.5 Å². The van der Waals surface area contributed by atoms with Gasteiger partial charge in [-0.25, -0.2) is 0 Å². The average molecular weight is 192 g/mol. The Kier molecular flexibility index (Phi) is 1.79. The quantitative estimate of drug-likeness (QED) is 0.553. The van der Waals surface area contributed by atoms with Crippen LogP contribution in [-0.4, -0.2) is 0 Å². The van der Waals surface area contributed by atoms with E-state index in [9.17, 15) is 0 Å². The Morgan fingerprint density at radius 1 is 1.13 bits per heavy atom. The fourth-order valence-electron chi connectivity index (χ4n) is 2.50. The lowest BCUT2D eigenvalue weighted by Crippen LogP contribution is -1.93. The van der Waals surface area contributed by atoms with E-state index in [1.807, 2.05) is 0 Å². The molecule has 0 atom stereocenters. The van der Waals surface area contributed by atoms with Gasteiger partial charge in [0.15, 0.2) is 0 Å². The van der Waals surface area contributed by atoms with Crippen molar-refractivity contribution in [1.29, 1.82) is 0 Å². The molecule has 0 aliphatic heterocycles. The van der Waals surface area contributed by atoms with Crippen molar-refractivity contribution in [3.8, 4) is 12.3 Å². The predicted octanol–water partition coefficient (Wildman–Crippen LogP) is 3.35. The van der Waals surface area contributed by atoms with Crippen molar-refractivity contribution in [2.45, 2.75) is 19.3 Å². The van der Waals surface area contributed by atoms with Crippen LogP contribution in [0.1, 0.15) is 24.0 Å². The van der Waals surface area contributed by atoms with Crippen LogP contribution in [0, 0.1) is 12.3 Å². The molecule has 72 valence electrons. The minimum Gasteiger partial charge on any atom is -0.115 e. The Labute approximate surface area is 90.3 Å². The summed E-state index contributed by atoms with van der Waals surface area (Å²) in [5.41, 5.74) is 6.95. The maximum Gasteiger partial charge on any atom is 0.00269 e. The Balaban J connectivity index is 2.14. The van der Waals surface area contributed by atoms with Crippen molar-refractivity contribution in [2.75, 3.05) is 0 Å². The van der Waals surface area contributed by atoms with Gasteiger partial charge in [-0.2, -0.15) is 0 Å². The SMILES string of the molecule is C#CC1=CC2=C(CC1)Cc1ccccc12. The summed E-state index contributed by atoms with van der Waals surface area (Å²) in [6.07, 6.45) is 11.0. The summed E-state index contributed by atoms with van der Waals surface area (Å²) in [7, 11) is 0. The number of terminal acetylenes is 1. The zero-order valence-corrected chi connectivity index (χ0v) is 8.59. The number of hydrogen-bond acceptors (Lipinski definition) is 0. The molecule has 0 bridgehead atoms. The van der Waals surface area contributed by atoms with E-state index in [1.54, 1.807) is 5.57 Å². The highest BCUT2D eigenvalue weighted by Crippen LogP contribution is 2.39. The largest absolute Gasteiger partial charge is 0.115 e. The monoisotopic (exact) mass is 192 g/mol. The van der Waals surface area contributed by atoms with Crippen LogP contribution in [-0.2, 0) is 6.42 Å². The molecular formula is C15H12. The molecule has 0 radical (unpaired) electrons. The van der Waals surface area contributed by atoms with E-state index in [1.165, 1.54) is 16.7 Å². The molecule has 0 heterocycles. The molecule has 15 heavy (non-hydrogen) atoms. The first-order valence-corrected chi connectivity index (χ1v) is 5.36. The van der Waals surface area contributed by atoms with Crippen LogP contribution >= 0.6 is 0 Å². The number of rotatable bonds is 0. The second-order valence-electron chi connectivity index (χ2n) is 4.17. The van der Waals surface area contributed by atoms with Gasteiger partial charge in [-0.05, 0) is 42.0 Å². The van der Waals surface area contributed by atoms with Crippen LogP contribution in [0.25, 0.3) is 5.57 Å². The minimum atomic E-state index is 1.04. The second-order valence-corrected chi connectivity index (χ2v) is 4.17. The summed E-state index contributed by atoms with van der Waals surface area (Å²) in [5, 5.41) is 0. The molecule has 0 saturated heterocycles. The maximum atomic E-state index is 5.47. The summed E-state index contributed by atoms with van der Waals surface area (Å²) >= 11 is 0. The molecule has 0 amide bonds. The van der Waals surface area contributed by atoms with Gasteiger partial charge in [-0.3, -0.25) is 0 Å². The Morgan fingerprint density at radius 3 is 2.87 bits per heavy atom. The van der Waals surface area contributed by atoms with Crippen molar-refractivity contribution in [3.63, 3.8) is 0 Å². The first-order chi connectivity index (χ1) is 7.38. The van der Waals surface area contributed by atoms with Gasteiger partial charge in [0, 0.05) is 5.57 Å². The molecule has 2 aliphatic rings. The molecule has 1 aromatic rings. The fraction of sp³-hybridized carbons (Fsp3) is 0.200. The molecule has 0 nitrogen and oxygen atoms in total. The third-order valence-electron chi connectivity index (χ3n) is 3.29. The number of fused-ring (bicyclic) bond motifs is 2. The molecule has 0 saturated carbocycles. The lowest BCUT2D eigenvalue weighted by atomic mass is 9.93. The second kappa shape index (κ2) is 3.14. The number of allylic oxidation sites excluding steroid dienone is 4. The van der Waals surface area contributed by atoms with Crippen molar-refractivity contribution in [1.82, 2.24) is 0 Å². The van der Waals surface area contributed by atoms with Gasteiger partial charge in [-0.15, -0.1) is 6.42 Å². The first-order valence-electron chi connectivity index (χ1n) is 5.36. The van der Waals surface area contributed by atoms with Crippen LogP contribution < -0.4 is 0 Å². The van der Waals surface area contributed by atoms with Gasteiger partial charge in [0.2, 0.25) is 0 Å².